The van der Waals surface area contributed by atoms with E-state index in [2.05, 4.69) is 180 Å². The maximum Gasteiger partial charge on any atom is 0.160 e. The van der Waals surface area contributed by atoms with Crippen LogP contribution in [0, 0.1) is 0 Å². The molecule has 4 heterocycles. The minimum atomic E-state index is 0.707. The van der Waals surface area contributed by atoms with E-state index in [4.69, 9.17) is 9.97 Å². The number of hydrogen-bond acceptors (Lipinski definition) is 3. The maximum absolute atomic E-state index is 5.13. The summed E-state index contributed by atoms with van der Waals surface area (Å²) in [4.78, 5) is 11.5. The summed E-state index contributed by atoms with van der Waals surface area (Å²) < 4.78 is 3.80. The van der Waals surface area contributed by atoms with Gasteiger partial charge in [0.05, 0.1) is 22.4 Å². The Morgan fingerprint density at radius 2 is 0.963 bits per heavy atom. The zero-order valence-electron chi connectivity index (χ0n) is 29.1. The number of pyridine rings is 1. The Labute approximate surface area is 316 Å². The number of aromatic nitrogens is 3. The summed E-state index contributed by atoms with van der Waals surface area (Å²) in [6, 6.07) is 67.1. The van der Waals surface area contributed by atoms with E-state index in [-0.39, 0.29) is 0 Å². The maximum atomic E-state index is 5.13. The van der Waals surface area contributed by atoms with Crippen LogP contribution in [0.4, 0.5) is 0 Å². The second kappa shape index (κ2) is 12.4. The van der Waals surface area contributed by atoms with Crippen molar-refractivity contribution in [2.24, 2.45) is 0 Å². The van der Waals surface area contributed by atoms with Crippen LogP contribution < -0.4 is 0 Å². The predicted octanol–water partition coefficient (Wildman–Crippen LogP) is 13.7. The van der Waals surface area contributed by atoms with Gasteiger partial charge in [-0.2, -0.15) is 0 Å². The van der Waals surface area contributed by atoms with Gasteiger partial charge in [-0.25, -0.2) is 9.97 Å². The number of thiophene rings is 1. The Bertz CT molecular complexity index is 3140. The molecule has 7 aromatic carbocycles. The second-order valence-electron chi connectivity index (χ2n) is 13.8. The molecule has 11 rings (SSSR count). The summed E-state index contributed by atoms with van der Waals surface area (Å²) in [5, 5.41) is 6.34. The van der Waals surface area contributed by atoms with Gasteiger partial charge in [0.2, 0.25) is 0 Å². The highest BCUT2D eigenvalue weighted by molar-refractivity contribution is 7.25. The Balaban J connectivity index is 1.16. The zero-order chi connectivity index (χ0) is 35.6. The summed E-state index contributed by atoms with van der Waals surface area (Å²) in [5.41, 5.74) is 12.2. The molecule has 11 aromatic rings. The summed E-state index contributed by atoms with van der Waals surface area (Å²) in [6.07, 6.45) is 0. The molecular formula is C50H31N3S. The van der Waals surface area contributed by atoms with Gasteiger partial charge >= 0.3 is 0 Å². The molecule has 0 aliphatic rings. The van der Waals surface area contributed by atoms with Crippen LogP contribution in [0.3, 0.4) is 0 Å². The van der Waals surface area contributed by atoms with Crippen LogP contribution in [0.1, 0.15) is 0 Å². The van der Waals surface area contributed by atoms with Gasteiger partial charge in [-0.15, -0.1) is 11.3 Å². The summed E-state index contributed by atoms with van der Waals surface area (Å²) in [6.45, 7) is 0. The van der Waals surface area contributed by atoms with Crippen molar-refractivity contribution in [1.82, 2.24) is 14.4 Å². The first kappa shape index (κ1) is 30.7. The van der Waals surface area contributed by atoms with E-state index in [0.29, 0.717) is 5.82 Å². The molecule has 0 amide bonds. The highest BCUT2D eigenvalue weighted by Gasteiger charge is 2.22. The topological polar surface area (TPSA) is 30.2 Å². The van der Waals surface area contributed by atoms with Crippen LogP contribution in [0.15, 0.2) is 188 Å². The Hall–Kier alpha value is -6.88. The lowest BCUT2D eigenvalue weighted by atomic mass is 9.95. The standard InChI is InChI=1S/C50H31N3S/c1-4-15-32(16-5-1)42-31-43(33-17-6-2-7-18-33)52-49(51-42)37-22-14-21-35(29-37)36-27-28-38-41(30-36)47-40-24-11-13-26-45(40)54-50(47)53-44-25-12-10-23-39(44)46(48(38)53)34-19-8-3-9-20-34/h1-31H. The van der Waals surface area contributed by atoms with Gasteiger partial charge in [-0.05, 0) is 52.4 Å². The van der Waals surface area contributed by atoms with Crippen LogP contribution in [0.25, 0.3) is 104 Å². The van der Waals surface area contributed by atoms with Crippen molar-refractivity contribution < 1.29 is 0 Å². The van der Waals surface area contributed by atoms with Crippen LogP contribution in [-0.4, -0.2) is 14.4 Å². The molecule has 0 fully saturated rings. The van der Waals surface area contributed by atoms with Gasteiger partial charge in [-0.1, -0.05) is 158 Å². The summed E-state index contributed by atoms with van der Waals surface area (Å²) in [7, 11) is 0. The fourth-order valence-corrected chi connectivity index (χ4v) is 9.36. The average Bonchev–Trinajstić information content (AvgIpc) is 3.81. The first-order valence-corrected chi connectivity index (χ1v) is 19.1. The fraction of sp³-hybridized carbons (Fsp3) is 0. The molecule has 0 aliphatic heterocycles. The van der Waals surface area contributed by atoms with Crippen molar-refractivity contribution in [2.45, 2.75) is 0 Å². The van der Waals surface area contributed by atoms with E-state index in [1.165, 1.54) is 58.6 Å². The average molecular weight is 706 g/mol. The number of nitrogens with zero attached hydrogens (tertiary/aromatic N) is 3. The largest absolute Gasteiger partial charge is 0.299 e. The number of hydrogen-bond donors (Lipinski definition) is 0. The quantitative estimate of drug-likeness (QED) is 0.178. The number of para-hydroxylation sites is 1. The molecule has 3 nitrogen and oxygen atoms in total. The SMILES string of the molecule is c1ccc(-c2cc(-c3ccccc3)nc(-c3cccc(-c4ccc5c(c4)c4c6ccccc6sc4n4c6ccccc6c(-c6ccccc6)c54)c3)n2)cc1. The van der Waals surface area contributed by atoms with Gasteiger partial charge in [0.15, 0.2) is 5.82 Å². The predicted molar refractivity (Wildman–Crippen MR) is 228 cm³/mol. The molecular weight excluding hydrogens is 675 g/mol. The van der Waals surface area contributed by atoms with E-state index in [1.807, 2.05) is 23.5 Å². The second-order valence-corrected chi connectivity index (χ2v) is 14.8. The number of benzene rings is 7. The normalized spacial score (nSPS) is 11.7. The van der Waals surface area contributed by atoms with Crippen molar-refractivity contribution in [3.8, 4) is 56.2 Å². The van der Waals surface area contributed by atoms with Crippen molar-refractivity contribution in [3.05, 3.63) is 188 Å². The van der Waals surface area contributed by atoms with Gasteiger partial charge < -0.3 is 0 Å². The van der Waals surface area contributed by atoms with Gasteiger partial charge in [-0.3, -0.25) is 4.40 Å². The molecule has 54 heavy (non-hydrogen) atoms. The van der Waals surface area contributed by atoms with E-state index < -0.39 is 0 Å². The Kier molecular flexibility index (Phi) is 7.04. The minimum absolute atomic E-state index is 0.707. The lowest BCUT2D eigenvalue weighted by Crippen LogP contribution is -1.96. The van der Waals surface area contributed by atoms with Crippen LogP contribution in [-0.2, 0) is 0 Å². The smallest absolute Gasteiger partial charge is 0.160 e. The molecule has 0 aliphatic carbocycles. The third-order valence-electron chi connectivity index (χ3n) is 10.6. The molecule has 0 unspecified atom stereocenters. The molecule has 4 heteroatoms. The minimum Gasteiger partial charge on any atom is -0.299 e. The number of rotatable bonds is 5. The van der Waals surface area contributed by atoms with E-state index >= 15 is 0 Å². The van der Waals surface area contributed by atoms with Gasteiger partial charge in [0.25, 0.3) is 0 Å². The van der Waals surface area contributed by atoms with Crippen LogP contribution in [0.5, 0.6) is 0 Å². The summed E-state index contributed by atoms with van der Waals surface area (Å²) >= 11 is 1.88. The zero-order valence-corrected chi connectivity index (χ0v) is 30.0. The number of fused-ring (bicyclic) bond motifs is 10. The Morgan fingerprint density at radius 1 is 0.389 bits per heavy atom. The molecule has 0 N–H and O–H groups in total. The van der Waals surface area contributed by atoms with E-state index in [9.17, 15) is 0 Å². The molecule has 0 bridgehead atoms. The molecule has 0 saturated carbocycles. The van der Waals surface area contributed by atoms with Crippen molar-refractivity contribution >= 4 is 58.8 Å². The fourth-order valence-electron chi connectivity index (χ4n) is 8.12. The van der Waals surface area contributed by atoms with Crippen LogP contribution >= 0.6 is 11.3 Å². The highest BCUT2D eigenvalue weighted by Crippen LogP contribution is 2.47. The lowest BCUT2D eigenvalue weighted by Gasteiger charge is -2.12. The molecule has 0 saturated heterocycles. The van der Waals surface area contributed by atoms with Crippen molar-refractivity contribution in [3.63, 3.8) is 0 Å². The molecule has 4 aromatic heterocycles. The summed E-state index contributed by atoms with van der Waals surface area (Å²) in [5.74, 6) is 0.707. The van der Waals surface area contributed by atoms with E-state index in [0.717, 1.165) is 39.2 Å². The Morgan fingerprint density at radius 3 is 1.69 bits per heavy atom. The lowest BCUT2D eigenvalue weighted by molar-refractivity contribution is 1.18. The molecule has 252 valence electrons. The van der Waals surface area contributed by atoms with Gasteiger partial charge in [0.1, 0.15) is 4.83 Å². The van der Waals surface area contributed by atoms with Crippen molar-refractivity contribution in [2.75, 3.05) is 0 Å². The molecule has 0 atom stereocenters. The van der Waals surface area contributed by atoms with Crippen LogP contribution in [0.2, 0.25) is 0 Å². The first-order chi connectivity index (χ1) is 26.8. The third kappa shape index (κ3) is 4.88. The third-order valence-corrected chi connectivity index (χ3v) is 11.7. The highest BCUT2D eigenvalue weighted by atomic mass is 32.1. The van der Waals surface area contributed by atoms with Crippen molar-refractivity contribution in [1.29, 1.82) is 0 Å². The first-order valence-electron chi connectivity index (χ1n) is 18.2. The monoisotopic (exact) mass is 705 g/mol. The molecule has 0 spiro atoms. The van der Waals surface area contributed by atoms with Gasteiger partial charge in [0, 0.05) is 48.5 Å². The van der Waals surface area contributed by atoms with E-state index in [1.54, 1.807) is 0 Å². The molecule has 0 radical (unpaired) electrons.